The van der Waals surface area contributed by atoms with Gasteiger partial charge in [0.15, 0.2) is 0 Å². The molecule has 0 aromatic rings. The minimum atomic E-state index is -1.20. The van der Waals surface area contributed by atoms with Crippen molar-refractivity contribution in [2.75, 3.05) is 19.6 Å². The molecule has 4 amide bonds. The first-order chi connectivity index (χ1) is 13.9. The Morgan fingerprint density at radius 3 is 2.13 bits per heavy atom. The zero-order chi connectivity index (χ0) is 23.3. The molecule has 0 aromatic carbocycles. The molecule has 2 atom stereocenters. The Morgan fingerprint density at radius 2 is 1.60 bits per heavy atom. The topological polar surface area (TPSA) is 163 Å². The van der Waals surface area contributed by atoms with Crippen molar-refractivity contribution in [3.8, 4) is 0 Å². The summed E-state index contributed by atoms with van der Waals surface area (Å²) >= 11 is 0. The van der Waals surface area contributed by atoms with Gasteiger partial charge in [0.25, 0.3) is 0 Å². The first kappa shape index (κ1) is 27.1. The summed E-state index contributed by atoms with van der Waals surface area (Å²) in [5, 5.41) is 18.3. The van der Waals surface area contributed by atoms with Gasteiger partial charge in [0.2, 0.25) is 17.7 Å². The first-order valence-corrected chi connectivity index (χ1v) is 9.89. The summed E-state index contributed by atoms with van der Waals surface area (Å²) in [5.41, 5.74) is -0.627. The molecule has 0 spiro atoms. The van der Waals surface area contributed by atoms with Gasteiger partial charge in [-0.25, -0.2) is 4.79 Å². The highest BCUT2D eigenvalue weighted by atomic mass is 16.6. The van der Waals surface area contributed by atoms with Crippen molar-refractivity contribution in [1.82, 2.24) is 21.3 Å². The smallest absolute Gasteiger partial charge is 0.407 e. The lowest BCUT2D eigenvalue weighted by atomic mass is 10.1. The molecule has 0 aliphatic rings. The van der Waals surface area contributed by atoms with E-state index in [1.54, 1.807) is 27.7 Å². The van der Waals surface area contributed by atoms with Crippen LogP contribution >= 0.6 is 0 Å². The van der Waals surface area contributed by atoms with Crippen molar-refractivity contribution in [1.29, 1.82) is 0 Å². The van der Waals surface area contributed by atoms with Gasteiger partial charge >= 0.3 is 12.1 Å². The fourth-order valence-electron chi connectivity index (χ4n) is 2.11. The predicted molar refractivity (Wildman–Crippen MR) is 109 cm³/mol. The fourth-order valence-corrected chi connectivity index (χ4v) is 2.11. The molecule has 11 heteroatoms. The molecule has 2 unspecified atom stereocenters. The van der Waals surface area contributed by atoms with Crippen LogP contribution in [0.1, 0.15) is 53.9 Å². The molecule has 0 aliphatic carbocycles. The molecule has 0 saturated carbocycles. The Hall–Kier alpha value is -2.85. The monoisotopic (exact) mass is 430 g/mol. The van der Waals surface area contributed by atoms with E-state index in [4.69, 9.17) is 9.84 Å². The Morgan fingerprint density at radius 1 is 0.967 bits per heavy atom. The van der Waals surface area contributed by atoms with E-state index in [-0.39, 0.29) is 24.8 Å². The van der Waals surface area contributed by atoms with Crippen molar-refractivity contribution >= 4 is 29.8 Å². The van der Waals surface area contributed by atoms with Gasteiger partial charge in [0.05, 0.1) is 6.54 Å². The quantitative estimate of drug-likeness (QED) is 0.275. The number of hydrogen-bond donors (Lipinski definition) is 5. The molecule has 0 heterocycles. The van der Waals surface area contributed by atoms with Crippen LogP contribution < -0.4 is 21.3 Å². The minimum absolute atomic E-state index is 0.223. The zero-order valence-corrected chi connectivity index (χ0v) is 18.3. The number of alkyl carbamates (subject to hydrolysis) is 1. The molecule has 0 aromatic heterocycles. The van der Waals surface area contributed by atoms with Crippen molar-refractivity contribution in [3.05, 3.63) is 0 Å². The van der Waals surface area contributed by atoms with E-state index < -0.39 is 48.6 Å². The molecule has 0 rings (SSSR count). The standard InChI is InChI=1S/C19H34N4O7/c1-6-12(2)16(27)23-13(8-7-9-20-18(29)30-19(3,4)5)17(28)22-10-14(24)21-11-15(25)26/h12-13H,6-11H2,1-5H3,(H,20,29)(H,21,24)(H,22,28)(H,23,27)(H,25,26). The Bertz CT molecular complexity index is 616. The van der Waals surface area contributed by atoms with Crippen LogP contribution in [0.3, 0.4) is 0 Å². The van der Waals surface area contributed by atoms with Crippen molar-refractivity contribution in [3.63, 3.8) is 0 Å². The van der Waals surface area contributed by atoms with Gasteiger partial charge in [0, 0.05) is 12.5 Å². The number of carboxylic acids is 1. The molecule has 0 radical (unpaired) electrons. The lowest BCUT2D eigenvalue weighted by molar-refractivity contribution is -0.138. The van der Waals surface area contributed by atoms with Gasteiger partial charge in [-0.3, -0.25) is 19.2 Å². The normalized spacial score (nSPS) is 12.8. The molecule has 11 nitrogen and oxygen atoms in total. The highest BCUT2D eigenvalue weighted by molar-refractivity contribution is 5.91. The van der Waals surface area contributed by atoms with Crippen LogP contribution in [0.15, 0.2) is 0 Å². The maximum atomic E-state index is 12.4. The van der Waals surface area contributed by atoms with E-state index in [2.05, 4.69) is 21.3 Å². The number of hydrogen-bond acceptors (Lipinski definition) is 6. The molecule has 30 heavy (non-hydrogen) atoms. The summed E-state index contributed by atoms with van der Waals surface area (Å²) in [5.74, 6) is -3.03. The van der Waals surface area contributed by atoms with Crippen LogP contribution in [-0.2, 0) is 23.9 Å². The van der Waals surface area contributed by atoms with Gasteiger partial charge in [-0.05, 0) is 40.0 Å². The number of carboxylic acid groups (broad SMARTS) is 1. The molecule has 0 bridgehead atoms. The lowest BCUT2D eigenvalue weighted by Crippen LogP contribution is -2.50. The van der Waals surface area contributed by atoms with Crippen LogP contribution in [0.4, 0.5) is 4.79 Å². The summed E-state index contributed by atoms with van der Waals surface area (Å²) in [6.45, 7) is 8.05. The van der Waals surface area contributed by atoms with E-state index >= 15 is 0 Å². The summed E-state index contributed by atoms with van der Waals surface area (Å²) < 4.78 is 5.12. The average Bonchev–Trinajstić information content (AvgIpc) is 2.64. The number of amides is 4. The van der Waals surface area contributed by atoms with Crippen LogP contribution in [0, 0.1) is 5.92 Å². The Balaban J connectivity index is 4.68. The molecular formula is C19H34N4O7. The maximum Gasteiger partial charge on any atom is 0.407 e. The van der Waals surface area contributed by atoms with Gasteiger partial charge in [-0.2, -0.15) is 0 Å². The number of rotatable bonds is 12. The second-order valence-electron chi connectivity index (χ2n) is 7.83. The second-order valence-corrected chi connectivity index (χ2v) is 7.83. The molecule has 0 aliphatic heterocycles. The third-order valence-electron chi connectivity index (χ3n) is 3.89. The maximum absolute atomic E-state index is 12.4. The average molecular weight is 431 g/mol. The van der Waals surface area contributed by atoms with E-state index in [1.165, 1.54) is 0 Å². The lowest BCUT2D eigenvalue weighted by Gasteiger charge is -2.21. The summed E-state index contributed by atoms with van der Waals surface area (Å²) in [7, 11) is 0. The third-order valence-corrected chi connectivity index (χ3v) is 3.89. The van der Waals surface area contributed by atoms with Crippen molar-refractivity contribution < 1.29 is 33.8 Å². The van der Waals surface area contributed by atoms with Crippen molar-refractivity contribution in [2.24, 2.45) is 5.92 Å². The number of carbonyl (C=O) groups excluding carboxylic acids is 4. The van der Waals surface area contributed by atoms with Crippen LogP contribution in [0.2, 0.25) is 0 Å². The van der Waals surface area contributed by atoms with E-state index in [9.17, 15) is 24.0 Å². The molecule has 0 fully saturated rings. The largest absolute Gasteiger partial charge is 0.480 e. The molecular weight excluding hydrogens is 396 g/mol. The molecule has 172 valence electrons. The summed E-state index contributed by atoms with van der Waals surface area (Å²) in [6.07, 6.45) is 0.615. The number of ether oxygens (including phenoxy) is 1. The zero-order valence-electron chi connectivity index (χ0n) is 18.3. The summed E-state index contributed by atoms with van der Waals surface area (Å²) in [4.78, 5) is 58.3. The van der Waals surface area contributed by atoms with Gasteiger partial charge in [-0.15, -0.1) is 0 Å². The molecule has 5 N–H and O–H groups in total. The third kappa shape index (κ3) is 13.3. The van der Waals surface area contributed by atoms with E-state index in [0.717, 1.165) is 0 Å². The Kier molecular flexibility index (Phi) is 12.1. The minimum Gasteiger partial charge on any atom is -0.480 e. The second kappa shape index (κ2) is 13.4. The highest BCUT2D eigenvalue weighted by Crippen LogP contribution is 2.07. The number of aliphatic carboxylic acids is 1. The molecule has 0 saturated heterocycles. The van der Waals surface area contributed by atoms with Gasteiger partial charge in [0.1, 0.15) is 18.2 Å². The van der Waals surface area contributed by atoms with Crippen molar-refractivity contribution in [2.45, 2.75) is 65.5 Å². The Labute approximate surface area is 176 Å². The van der Waals surface area contributed by atoms with Gasteiger partial charge < -0.3 is 31.1 Å². The van der Waals surface area contributed by atoms with E-state index in [1.807, 2.05) is 6.92 Å². The predicted octanol–water partition coefficient (Wildman–Crippen LogP) is 0.139. The number of carbonyl (C=O) groups is 5. The van der Waals surface area contributed by atoms with Crippen LogP contribution in [0.25, 0.3) is 0 Å². The number of nitrogens with one attached hydrogen (secondary N) is 4. The van der Waals surface area contributed by atoms with Crippen LogP contribution in [-0.4, -0.2) is 66.2 Å². The highest BCUT2D eigenvalue weighted by Gasteiger charge is 2.23. The van der Waals surface area contributed by atoms with Gasteiger partial charge in [-0.1, -0.05) is 13.8 Å². The SMILES string of the molecule is CCC(C)C(=O)NC(CCCNC(=O)OC(C)(C)C)C(=O)NCC(=O)NCC(=O)O. The fraction of sp³-hybridized carbons (Fsp3) is 0.737. The summed E-state index contributed by atoms with van der Waals surface area (Å²) in [6, 6.07) is -0.904. The first-order valence-electron chi connectivity index (χ1n) is 9.89. The van der Waals surface area contributed by atoms with E-state index in [0.29, 0.717) is 12.8 Å². The van der Waals surface area contributed by atoms with Crippen LogP contribution in [0.5, 0.6) is 0 Å².